The number of rotatable bonds is 7. The topological polar surface area (TPSA) is 121 Å². The van der Waals surface area contributed by atoms with Gasteiger partial charge < -0.3 is 31.1 Å². The fraction of sp³-hybridized carbons (Fsp3) is 0.312. The van der Waals surface area contributed by atoms with E-state index in [1.54, 1.807) is 6.92 Å². The van der Waals surface area contributed by atoms with Gasteiger partial charge in [-0.05, 0) is 25.1 Å². The number of aromatic nitrogens is 1. The van der Waals surface area contributed by atoms with Crippen molar-refractivity contribution in [2.75, 3.05) is 18.5 Å². The molecule has 7 nitrogen and oxygen atoms in total. The Balaban J connectivity index is 2.37. The maximum atomic E-state index is 14.0. The van der Waals surface area contributed by atoms with Gasteiger partial charge in [0.25, 0.3) is 0 Å². The molecule has 0 saturated heterocycles. The zero-order chi connectivity index (χ0) is 19.4. The molecule has 1 aromatic carbocycles. The summed E-state index contributed by atoms with van der Waals surface area (Å²) in [5.74, 6) is -1.11. The molecule has 2 atom stereocenters. The number of hydrogen-bond donors (Lipinski definition) is 5. The van der Waals surface area contributed by atoms with Gasteiger partial charge in [-0.3, -0.25) is 0 Å². The van der Waals surface area contributed by atoms with Gasteiger partial charge in [-0.15, -0.1) is 0 Å². The van der Waals surface area contributed by atoms with Crippen molar-refractivity contribution in [2.45, 2.75) is 19.1 Å². The Morgan fingerprint density at radius 3 is 2.65 bits per heavy atom. The normalized spacial score (nSPS) is 13.3. The van der Waals surface area contributed by atoms with Crippen molar-refractivity contribution in [1.29, 1.82) is 0 Å². The number of aromatic hydroxyl groups is 1. The van der Waals surface area contributed by atoms with Crippen LogP contribution in [0.1, 0.15) is 18.5 Å². The van der Waals surface area contributed by atoms with E-state index in [0.717, 1.165) is 0 Å². The van der Waals surface area contributed by atoms with E-state index in [9.17, 15) is 14.6 Å². The Bertz CT molecular complexity index is 793. The molecule has 2 aromatic rings. The van der Waals surface area contributed by atoms with Gasteiger partial charge in [0.15, 0.2) is 11.6 Å². The van der Waals surface area contributed by atoms with Crippen LogP contribution in [0, 0.1) is 5.95 Å². The Hall–Kier alpha value is -1.84. The van der Waals surface area contributed by atoms with Crippen LogP contribution in [0.5, 0.6) is 17.2 Å². The van der Waals surface area contributed by atoms with Crippen molar-refractivity contribution in [3.63, 3.8) is 0 Å². The fourth-order valence-electron chi connectivity index (χ4n) is 2.06. The number of nitrogens with two attached hydrogens (primary N) is 1. The summed E-state index contributed by atoms with van der Waals surface area (Å²) in [5, 5.41) is 30.1. The molecule has 142 valence electrons. The summed E-state index contributed by atoms with van der Waals surface area (Å²) in [5.41, 5.74) is 6.20. The molecule has 2 rings (SSSR count). The summed E-state index contributed by atoms with van der Waals surface area (Å²) in [7, 11) is 0. The van der Waals surface area contributed by atoms with Gasteiger partial charge in [-0.2, -0.15) is 9.37 Å². The lowest BCUT2D eigenvalue weighted by molar-refractivity contribution is 0.105. The zero-order valence-electron chi connectivity index (χ0n) is 13.7. The quantitative estimate of drug-likeness (QED) is 0.449. The van der Waals surface area contributed by atoms with E-state index in [2.05, 4.69) is 10.3 Å². The van der Waals surface area contributed by atoms with Crippen LogP contribution in [0.2, 0.25) is 10.0 Å². The number of pyridine rings is 1. The number of nitrogens with zero attached hydrogens (tertiary/aromatic N) is 1. The second-order valence-corrected chi connectivity index (χ2v) is 6.29. The molecule has 0 saturated carbocycles. The van der Waals surface area contributed by atoms with Crippen LogP contribution in [0.4, 0.5) is 10.2 Å². The van der Waals surface area contributed by atoms with Crippen molar-refractivity contribution in [1.82, 2.24) is 4.98 Å². The SMILES string of the molecule is CC(N)c1cc(Oc2c(Cl)c(F)nc(NCC(O)CO)c2Cl)ccc1O. The number of benzene rings is 1. The number of hydrogen-bond acceptors (Lipinski definition) is 7. The third-order valence-electron chi connectivity index (χ3n) is 3.42. The average molecular weight is 406 g/mol. The number of phenolic OH excluding ortho intramolecular Hbond substituents is 1. The Labute approximate surface area is 159 Å². The predicted molar refractivity (Wildman–Crippen MR) is 96.6 cm³/mol. The Kier molecular flexibility index (Phi) is 6.85. The van der Waals surface area contributed by atoms with E-state index in [4.69, 9.17) is 38.8 Å². The van der Waals surface area contributed by atoms with E-state index >= 15 is 0 Å². The number of nitrogens with one attached hydrogen (secondary N) is 1. The smallest absolute Gasteiger partial charge is 0.237 e. The molecule has 0 fully saturated rings. The number of phenols is 1. The van der Waals surface area contributed by atoms with Crippen LogP contribution in [0.25, 0.3) is 0 Å². The van der Waals surface area contributed by atoms with E-state index in [1.807, 2.05) is 0 Å². The molecular weight excluding hydrogens is 388 g/mol. The summed E-state index contributed by atoms with van der Waals surface area (Å²) >= 11 is 12.1. The lowest BCUT2D eigenvalue weighted by Gasteiger charge is -2.16. The first-order valence-corrected chi connectivity index (χ1v) is 8.33. The summed E-state index contributed by atoms with van der Waals surface area (Å²) in [6, 6.07) is 3.84. The van der Waals surface area contributed by atoms with Crippen LogP contribution in [-0.2, 0) is 0 Å². The van der Waals surface area contributed by atoms with Crippen molar-refractivity contribution < 1.29 is 24.4 Å². The van der Waals surface area contributed by atoms with Crippen molar-refractivity contribution in [3.8, 4) is 17.2 Å². The maximum absolute atomic E-state index is 14.0. The molecule has 0 radical (unpaired) electrons. The average Bonchev–Trinajstić information content (AvgIpc) is 2.61. The van der Waals surface area contributed by atoms with Gasteiger partial charge in [-0.25, -0.2) is 0 Å². The first-order valence-electron chi connectivity index (χ1n) is 7.58. The highest BCUT2D eigenvalue weighted by molar-refractivity contribution is 6.38. The van der Waals surface area contributed by atoms with E-state index in [-0.39, 0.29) is 34.6 Å². The highest BCUT2D eigenvalue weighted by Gasteiger charge is 2.21. The van der Waals surface area contributed by atoms with Crippen molar-refractivity contribution >= 4 is 29.0 Å². The molecular formula is C16H18Cl2FN3O4. The van der Waals surface area contributed by atoms with Crippen LogP contribution < -0.4 is 15.8 Å². The number of aliphatic hydroxyl groups excluding tert-OH is 2. The minimum Gasteiger partial charge on any atom is -0.508 e. The Morgan fingerprint density at radius 1 is 1.35 bits per heavy atom. The van der Waals surface area contributed by atoms with E-state index in [1.165, 1.54) is 18.2 Å². The highest BCUT2D eigenvalue weighted by Crippen LogP contribution is 2.42. The van der Waals surface area contributed by atoms with Gasteiger partial charge in [-0.1, -0.05) is 23.2 Å². The molecule has 2 unspecified atom stereocenters. The minimum atomic E-state index is -1.08. The van der Waals surface area contributed by atoms with Gasteiger partial charge >= 0.3 is 0 Å². The van der Waals surface area contributed by atoms with E-state index in [0.29, 0.717) is 5.56 Å². The lowest BCUT2D eigenvalue weighted by atomic mass is 10.1. The second kappa shape index (κ2) is 8.70. The molecule has 0 amide bonds. The molecule has 0 aliphatic rings. The largest absolute Gasteiger partial charge is 0.508 e. The van der Waals surface area contributed by atoms with Gasteiger partial charge in [0.2, 0.25) is 5.95 Å². The zero-order valence-corrected chi connectivity index (χ0v) is 15.2. The molecule has 0 bridgehead atoms. The van der Waals surface area contributed by atoms with Crippen LogP contribution in [0.15, 0.2) is 18.2 Å². The predicted octanol–water partition coefficient (Wildman–Crippen LogP) is 2.81. The molecule has 10 heteroatoms. The molecule has 0 spiro atoms. The monoisotopic (exact) mass is 405 g/mol. The minimum absolute atomic E-state index is 0.00852. The van der Waals surface area contributed by atoms with Crippen LogP contribution in [-0.4, -0.2) is 39.6 Å². The molecule has 0 aliphatic carbocycles. The van der Waals surface area contributed by atoms with Crippen LogP contribution in [0.3, 0.4) is 0 Å². The van der Waals surface area contributed by atoms with Gasteiger partial charge in [0, 0.05) is 18.2 Å². The molecule has 1 heterocycles. The maximum Gasteiger partial charge on any atom is 0.237 e. The molecule has 6 N–H and O–H groups in total. The molecule has 1 aromatic heterocycles. The number of ether oxygens (including phenoxy) is 1. The van der Waals surface area contributed by atoms with Gasteiger partial charge in [0.05, 0.1) is 12.7 Å². The second-order valence-electron chi connectivity index (χ2n) is 5.54. The van der Waals surface area contributed by atoms with Crippen LogP contribution >= 0.6 is 23.2 Å². The fourth-order valence-corrected chi connectivity index (χ4v) is 2.52. The van der Waals surface area contributed by atoms with Gasteiger partial charge in [0.1, 0.15) is 21.5 Å². The summed E-state index contributed by atoms with van der Waals surface area (Å²) in [4.78, 5) is 3.57. The summed E-state index contributed by atoms with van der Waals surface area (Å²) in [6.07, 6.45) is -1.08. The molecule has 0 aliphatic heterocycles. The number of aliphatic hydroxyl groups is 2. The highest BCUT2D eigenvalue weighted by atomic mass is 35.5. The van der Waals surface area contributed by atoms with Crippen molar-refractivity contribution in [3.05, 3.63) is 39.8 Å². The first-order chi connectivity index (χ1) is 12.2. The number of anilines is 1. The van der Waals surface area contributed by atoms with E-state index < -0.39 is 29.7 Å². The summed E-state index contributed by atoms with van der Waals surface area (Å²) < 4.78 is 19.6. The number of halogens is 3. The standard InChI is InChI=1S/C16H18Cl2FN3O4/c1-7(20)10-4-9(2-3-11(10)25)26-14-12(17)15(19)22-16(13(14)18)21-5-8(24)6-23/h2-4,7-8,23-25H,5-6,20H2,1H3,(H,21,22). The third-order valence-corrected chi connectivity index (χ3v) is 4.10. The summed E-state index contributed by atoms with van der Waals surface area (Å²) in [6.45, 7) is 1.08. The third kappa shape index (κ3) is 4.66. The molecule has 26 heavy (non-hydrogen) atoms. The lowest BCUT2D eigenvalue weighted by Crippen LogP contribution is -2.23. The van der Waals surface area contributed by atoms with Crippen molar-refractivity contribution in [2.24, 2.45) is 5.73 Å². The Morgan fingerprint density at radius 2 is 2.04 bits per heavy atom. The first kappa shape index (κ1) is 20.5.